The molecule has 1 aliphatic heterocycles. The van der Waals surface area contributed by atoms with Crippen LogP contribution in [0.4, 0.5) is 13.2 Å². The zero-order chi connectivity index (χ0) is 21.2. The number of nitrogens with zero attached hydrogens (tertiary/aromatic N) is 2. The van der Waals surface area contributed by atoms with Crippen LogP contribution >= 0.6 is 0 Å². The van der Waals surface area contributed by atoms with Crippen LogP contribution in [-0.4, -0.2) is 47.4 Å². The highest BCUT2D eigenvalue weighted by molar-refractivity contribution is 5.94. The van der Waals surface area contributed by atoms with Crippen molar-refractivity contribution in [3.8, 4) is 0 Å². The van der Waals surface area contributed by atoms with E-state index in [1.807, 2.05) is 12.3 Å². The van der Waals surface area contributed by atoms with Gasteiger partial charge in [-0.2, -0.15) is 13.2 Å². The molecule has 3 rings (SSSR count). The number of halogens is 3. The summed E-state index contributed by atoms with van der Waals surface area (Å²) in [6.45, 7) is 0.709. The zero-order valence-corrected chi connectivity index (χ0v) is 16.7. The molecule has 2 aliphatic rings. The molecule has 1 unspecified atom stereocenters. The summed E-state index contributed by atoms with van der Waals surface area (Å²) in [6, 6.07) is 5.47. The van der Waals surface area contributed by atoms with Crippen molar-refractivity contribution in [3.63, 3.8) is 0 Å². The van der Waals surface area contributed by atoms with E-state index in [9.17, 15) is 23.1 Å². The van der Waals surface area contributed by atoms with E-state index in [0.717, 1.165) is 32.1 Å². The zero-order valence-electron chi connectivity index (χ0n) is 16.7. The first-order chi connectivity index (χ1) is 13.6. The van der Waals surface area contributed by atoms with Crippen LogP contribution in [0.25, 0.3) is 0 Å². The molecular weight excluding hydrogens is 381 g/mol. The molecule has 0 bridgehead atoms. The lowest BCUT2D eigenvalue weighted by Gasteiger charge is -2.37. The molecule has 29 heavy (non-hydrogen) atoms. The van der Waals surface area contributed by atoms with Crippen molar-refractivity contribution in [1.82, 2.24) is 4.90 Å². The Kier molecular flexibility index (Phi) is 6.17. The van der Waals surface area contributed by atoms with Crippen LogP contribution in [-0.2, 0) is 5.60 Å². The van der Waals surface area contributed by atoms with Gasteiger partial charge < -0.3 is 10.0 Å². The third kappa shape index (κ3) is 4.55. The minimum Gasteiger partial charge on any atom is -0.376 e. The average Bonchev–Trinajstić information content (AvgIpc) is 2.73. The Morgan fingerprint density at radius 1 is 1.14 bits per heavy atom. The number of aliphatic imine (C=N–C) groups is 1. The molecule has 1 amide bonds. The molecule has 158 valence electrons. The maximum absolute atomic E-state index is 13.0. The van der Waals surface area contributed by atoms with Gasteiger partial charge in [0, 0.05) is 24.9 Å². The fourth-order valence-corrected chi connectivity index (χ4v) is 4.16. The Morgan fingerprint density at radius 2 is 1.76 bits per heavy atom. The van der Waals surface area contributed by atoms with Gasteiger partial charge >= 0.3 is 6.18 Å². The molecule has 0 radical (unpaired) electrons. The van der Waals surface area contributed by atoms with E-state index in [1.165, 1.54) is 24.3 Å². The summed E-state index contributed by atoms with van der Waals surface area (Å²) in [5.74, 6) is 0.310. The number of benzene rings is 1. The third-order valence-corrected chi connectivity index (χ3v) is 6.28. The Balaban J connectivity index is 1.60. The van der Waals surface area contributed by atoms with Crippen LogP contribution in [0.5, 0.6) is 0 Å². The summed E-state index contributed by atoms with van der Waals surface area (Å²) in [5, 5.41) is 9.76. The molecule has 1 aromatic carbocycles. The number of amides is 1. The minimum absolute atomic E-state index is 0.111. The number of allylic oxidation sites excluding steroid dienone is 1. The quantitative estimate of drug-likeness (QED) is 0.798. The maximum Gasteiger partial charge on any atom is 0.421 e. The van der Waals surface area contributed by atoms with Gasteiger partial charge in [-0.3, -0.25) is 9.79 Å². The van der Waals surface area contributed by atoms with E-state index in [2.05, 4.69) is 11.1 Å². The van der Waals surface area contributed by atoms with Gasteiger partial charge in [0.05, 0.1) is 6.04 Å². The Hall–Kier alpha value is -2.15. The lowest BCUT2D eigenvalue weighted by atomic mass is 9.80. The van der Waals surface area contributed by atoms with Gasteiger partial charge in [0.25, 0.3) is 5.91 Å². The fraction of sp³-hybridized carbons (Fsp3) is 0.545. The molecule has 0 spiro atoms. The second kappa shape index (κ2) is 8.30. The van der Waals surface area contributed by atoms with E-state index in [-0.39, 0.29) is 17.5 Å². The molecule has 4 nitrogen and oxygen atoms in total. The van der Waals surface area contributed by atoms with Crippen LogP contribution in [0.15, 0.2) is 41.4 Å². The SMILES string of the molecule is CN(C(=O)c1ccc([C@](C)(O)C(F)(F)F)cc1)C1CCC(C2CC=CC=N2)CC1. The number of aliphatic hydroxyl groups is 1. The highest BCUT2D eigenvalue weighted by Gasteiger charge is 2.51. The maximum atomic E-state index is 13.0. The third-order valence-electron chi connectivity index (χ3n) is 6.28. The van der Waals surface area contributed by atoms with Gasteiger partial charge in [-0.05, 0) is 68.7 Å². The topological polar surface area (TPSA) is 52.9 Å². The molecule has 1 aromatic rings. The number of rotatable bonds is 4. The standard InChI is InChI=1S/C22H27F3N2O2/c1-21(29,22(23,24)25)17-10-6-16(7-11-17)20(28)27(2)18-12-8-15(9-13-18)19-5-3-4-14-26-19/h3-4,6-7,10-11,14-15,18-19,29H,5,8-9,12-13H2,1-2H3/t15?,18?,19?,21-/m0/s1. The van der Waals surface area contributed by atoms with Gasteiger partial charge in [-0.25, -0.2) is 0 Å². The van der Waals surface area contributed by atoms with Crippen molar-refractivity contribution >= 4 is 12.1 Å². The number of alkyl halides is 3. The van der Waals surface area contributed by atoms with Crippen molar-refractivity contribution in [2.24, 2.45) is 10.9 Å². The summed E-state index contributed by atoms with van der Waals surface area (Å²) < 4.78 is 38.9. The van der Waals surface area contributed by atoms with Gasteiger partial charge in [0.15, 0.2) is 5.60 Å². The number of hydrogen-bond donors (Lipinski definition) is 1. The number of carbonyl (C=O) groups excluding carboxylic acids is 1. The van der Waals surface area contributed by atoms with E-state index in [1.54, 1.807) is 11.9 Å². The van der Waals surface area contributed by atoms with Crippen LogP contribution in [0.1, 0.15) is 54.9 Å². The normalized spacial score (nSPS) is 26.8. The summed E-state index contributed by atoms with van der Waals surface area (Å²) in [5.41, 5.74) is -2.92. The van der Waals surface area contributed by atoms with Gasteiger partial charge in [-0.1, -0.05) is 18.2 Å². The first-order valence-electron chi connectivity index (χ1n) is 9.96. The van der Waals surface area contributed by atoms with Gasteiger partial charge in [0.1, 0.15) is 0 Å². The lowest BCUT2D eigenvalue weighted by molar-refractivity contribution is -0.258. The van der Waals surface area contributed by atoms with Crippen molar-refractivity contribution in [2.45, 2.75) is 62.9 Å². The van der Waals surface area contributed by atoms with E-state index in [4.69, 9.17) is 0 Å². The first-order valence-corrected chi connectivity index (χ1v) is 9.96. The van der Waals surface area contributed by atoms with E-state index in [0.29, 0.717) is 24.4 Å². The molecule has 1 fully saturated rings. The molecule has 7 heteroatoms. The minimum atomic E-state index is -4.79. The number of hydrogen-bond acceptors (Lipinski definition) is 3. The van der Waals surface area contributed by atoms with Crippen molar-refractivity contribution in [2.75, 3.05) is 7.05 Å². The van der Waals surface area contributed by atoms with Crippen LogP contribution in [0.2, 0.25) is 0 Å². The lowest BCUT2D eigenvalue weighted by Crippen LogP contribution is -2.41. The largest absolute Gasteiger partial charge is 0.421 e. The Labute approximate surface area is 169 Å². The summed E-state index contributed by atoms with van der Waals surface area (Å²) in [6.07, 6.45) is 5.94. The highest BCUT2D eigenvalue weighted by atomic mass is 19.4. The smallest absolute Gasteiger partial charge is 0.376 e. The molecule has 0 aromatic heterocycles. The number of dihydropyridines is 1. The first kappa shape index (κ1) is 21.6. The van der Waals surface area contributed by atoms with E-state index >= 15 is 0 Å². The van der Waals surface area contributed by atoms with E-state index < -0.39 is 11.8 Å². The van der Waals surface area contributed by atoms with Crippen LogP contribution in [0, 0.1) is 5.92 Å². The molecule has 2 atom stereocenters. The molecule has 1 N–H and O–H groups in total. The van der Waals surface area contributed by atoms with Gasteiger partial charge in [-0.15, -0.1) is 0 Å². The molecule has 1 aliphatic carbocycles. The molecule has 1 saturated carbocycles. The Bertz CT molecular complexity index is 776. The van der Waals surface area contributed by atoms with Crippen LogP contribution < -0.4 is 0 Å². The summed E-state index contributed by atoms with van der Waals surface area (Å²) in [7, 11) is 1.74. The fourth-order valence-electron chi connectivity index (χ4n) is 4.16. The van der Waals surface area contributed by atoms with Gasteiger partial charge in [0.2, 0.25) is 0 Å². The van der Waals surface area contributed by atoms with Crippen molar-refractivity contribution in [1.29, 1.82) is 0 Å². The van der Waals surface area contributed by atoms with Crippen molar-refractivity contribution in [3.05, 3.63) is 47.5 Å². The molecule has 0 saturated heterocycles. The predicted molar refractivity (Wildman–Crippen MR) is 106 cm³/mol. The second-order valence-electron chi connectivity index (χ2n) is 8.16. The summed E-state index contributed by atoms with van der Waals surface area (Å²) >= 11 is 0. The molecule has 1 heterocycles. The molecular formula is C22H27F3N2O2. The average molecular weight is 408 g/mol. The Morgan fingerprint density at radius 3 is 2.28 bits per heavy atom. The monoisotopic (exact) mass is 408 g/mol. The predicted octanol–water partition coefficient (Wildman–Crippen LogP) is 4.49. The summed E-state index contributed by atoms with van der Waals surface area (Å²) in [4.78, 5) is 19.0. The second-order valence-corrected chi connectivity index (χ2v) is 8.16. The van der Waals surface area contributed by atoms with Crippen molar-refractivity contribution < 1.29 is 23.1 Å². The van der Waals surface area contributed by atoms with Crippen LogP contribution in [0.3, 0.4) is 0 Å². The number of carbonyl (C=O) groups is 1. The highest BCUT2D eigenvalue weighted by Crippen LogP contribution is 2.38.